The van der Waals surface area contributed by atoms with E-state index in [0.717, 1.165) is 37.8 Å². The van der Waals surface area contributed by atoms with Gasteiger partial charge >= 0.3 is 6.18 Å². The van der Waals surface area contributed by atoms with Gasteiger partial charge in [-0.3, -0.25) is 4.99 Å². The largest absolute Gasteiger partial charge is 0.389 e. The zero-order valence-corrected chi connectivity index (χ0v) is 17.8. The Balaban J connectivity index is 0.00000364. The maximum atomic E-state index is 13.0. The van der Waals surface area contributed by atoms with Crippen LogP contribution in [0.25, 0.3) is 0 Å². The first-order valence-corrected chi connectivity index (χ1v) is 8.99. The molecule has 1 aliphatic heterocycles. The SMILES string of the molecule is CCNC(=NCCCCC(F)(F)F)N1CCN(c2ccc(F)cc2)CC1.I. The summed E-state index contributed by atoms with van der Waals surface area (Å²) < 4.78 is 49.5. The molecule has 2 rings (SSSR count). The highest BCUT2D eigenvalue weighted by atomic mass is 127. The lowest BCUT2D eigenvalue weighted by molar-refractivity contribution is -0.135. The summed E-state index contributed by atoms with van der Waals surface area (Å²) in [4.78, 5) is 8.76. The lowest BCUT2D eigenvalue weighted by Crippen LogP contribution is -2.52. The minimum atomic E-state index is -4.09. The molecule has 1 heterocycles. The molecule has 0 radical (unpaired) electrons. The molecule has 0 saturated carbocycles. The number of anilines is 1. The summed E-state index contributed by atoms with van der Waals surface area (Å²) in [6.45, 7) is 6.13. The van der Waals surface area contributed by atoms with E-state index < -0.39 is 12.6 Å². The van der Waals surface area contributed by atoms with Crippen LogP contribution in [-0.4, -0.2) is 56.3 Å². The van der Waals surface area contributed by atoms with Crippen LogP contribution in [0.3, 0.4) is 0 Å². The number of guanidine groups is 1. The minimum absolute atomic E-state index is 0. The molecule has 0 bridgehead atoms. The number of benzene rings is 1. The number of halogens is 5. The molecule has 9 heteroatoms. The molecule has 1 aromatic rings. The minimum Gasteiger partial charge on any atom is -0.368 e. The van der Waals surface area contributed by atoms with Crippen LogP contribution in [0.15, 0.2) is 29.3 Å². The molecule has 0 amide bonds. The van der Waals surface area contributed by atoms with Crippen molar-refractivity contribution in [2.45, 2.75) is 32.4 Å². The fraction of sp³-hybridized carbons (Fsp3) is 0.611. The summed E-state index contributed by atoms with van der Waals surface area (Å²) in [5, 5.41) is 3.21. The van der Waals surface area contributed by atoms with E-state index in [4.69, 9.17) is 0 Å². The third-order valence-electron chi connectivity index (χ3n) is 4.24. The third-order valence-corrected chi connectivity index (χ3v) is 4.24. The Bertz CT molecular complexity index is 570. The quantitative estimate of drug-likeness (QED) is 0.207. The topological polar surface area (TPSA) is 30.9 Å². The van der Waals surface area contributed by atoms with Crippen LogP contribution >= 0.6 is 24.0 Å². The second-order valence-corrected chi connectivity index (χ2v) is 6.26. The van der Waals surface area contributed by atoms with E-state index in [9.17, 15) is 17.6 Å². The van der Waals surface area contributed by atoms with Crippen molar-refractivity contribution in [1.29, 1.82) is 0 Å². The number of unbranched alkanes of at least 4 members (excludes halogenated alkanes) is 1. The van der Waals surface area contributed by atoms with Crippen LogP contribution in [0, 0.1) is 5.82 Å². The summed E-state index contributed by atoms with van der Waals surface area (Å²) in [6, 6.07) is 6.44. The van der Waals surface area contributed by atoms with Gasteiger partial charge in [-0.25, -0.2) is 4.39 Å². The summed E-state index contributed by atoms with van der Waals surface area (Å²) >= 11 is 0. The molecule has 1 fully saturated rings. The van der Waals surface area contributed by atoms with Crippen LogP contribution in [0.2, 0.25) is 0 Å². The van der Waals surface area contributed by atoms with Crippen LogP contribution in [0.1, 0.15) is 26.2 Å². The molecule has 0 atom stereocenters. The second-order valence-electron chi connectivity index (χ2n) is 6.26. The standard InChI is InChI=1S/C18H26F4N4.HI/c1-2-23-17(24-10-4-3-9-18(20,21)22)26-13-11-25(12-14-26)16-7-5-15(19)6-8-16;/h5-8H,2-4,9-14H2,1H3,(H,23,24);1H. The van der Waals surface area contributed by atoms with E-state index in [0.29, 0.717) is 19.5 Å². The van der Waals surface area contributed by atoms with E-state index in [1.54, 1.807) is 12.1 Å². The van der Waals surface area contributed by atoms with Crippen molar-refractivity contribution in [3.05, 3.63) is 30.1 Å². The summed E-state index contributed by atoms with van der Waals surface area (Å²) in [5.74, 6) is 0.498. The van der Waals surface area contributed by atoms with E-state index in [-0.39, 0.29) is 36.2 Å². The maximum Gasteiger partial charge on any atom is 0.389 e. The molecule has 0 spiro atoms. The fourth-order valence-electron chi connectivity index (χ4n) is 2.88. The molecule has 1 aliphatic rings. The van der Waals surface area contributed by atoms with E-state index in [2.05, 4.69) is 20.1 Å². The normalized spacial score (nSPS) is 15.5. The molecule has 1 N–H and O–H groups in total. The molecule has 1 aromatic carbocycles. The van der Waals surface area contributed by atoms with Crippen LogP contribution in [0.5, 0.6) is 0 Å². The Kier molecular flexibility index (Phi) is 10.2. The van der Waals surface area contributed by atoms with Gasteiger partial charge in [0.2, 0.25) is 0 Å². The fourth-order valence-corrected chi connectivity index (χ4v) is 2.88. The zero-order valence-electron chi connectivity index (χ0n) is 15.4. The van der Waals surface area contributed by atoms with Crippen LogP contribution < -0.4 is 10.2 Å². The number of aliphatic imine (C=N–C) groups is 1. The average molecular weight is 502 g/mol. The van der Waals surface area contributed by atoms with Crippen LogP contribution in [0.4, 0.5) is 23.2 Å². The molecule has 1 saturated heterocycles. The van der Waals surface area contributed by atoms with Crippen molar-refractivity contribution in [1.82, 2.24) is 10.2 Å². The number of nitrogens with one attached hydrogen (secondary N) is 1. The highest BCUT2D eigenvalue weighted by molar-refractivity contribution is 14.0. The van der Waals surface area contributed by atoms with Gasteiger partial charge in [-0.1, -0.05) is 0 Å². The molecule has 0 aromatic heterocycles. The van der Waals surface area contributed by atoms with Gasteiger partial charge < -0.3 is 15.1 Å². The van der Waals surface area contributed by atoms with Gasteiger partial charge in [-0.05, 0) is 44.0 Å². The molecule has 0 unspecified atom stereocenters. The van der Waals surface area contributed by atoms with Crippen molar-refractivity contribution in [3.8, 4) is 0 Å². The van der Waals surface area contributed by atoms with Crippen molar-refractivity contribution in [3.63, 3.8) is 0 Å². The highest BCUT2D eigenvalue weighted by Crippen LogP contribution is 2.22. The van der Waals surface area contributed by atoms with E-state index in [1.165, 1.54) is 12.1 Å². The Hall–Kier alpha value is -1.26. The molecule has 154 valence electrons. The van der Waals surface area contributed by atoms with Gasteiger partial charge in [0.05, 0.1) is 0 Å². The Morgan fingerprint density at radius 2 is 1.70 bits per heavy atom. The van der Waals surface area contributed by atoms with Gasteiger partial charge in [-0.2, -0.15) is 13.2 Å². The molecule has 4 nitrogen and oxygen atoms in total. The summed E-state index contributed by atoms with van der Waals surface area (Å²) in [7, 11) is 0. The first-order valence-electron chi connectivity index (χ1n) is 8.99. The molecule has 0 aliphatic carbocycles. The lowest BCUT2D eigenvalue weighted by Gasteiger charge is -2.37. The highest BCUT2D eigenvalue weighted by Gasteiger charge is 2.25. The first-order chi connectivity index (χ1) is 12.4. The molecular formula is C18H27F4IN4. The maximum absolute atomic E-state index is 13.0. The van der Waals surface area contributed by atoms with Crippen LogP contribution in [-0.2, 0) is 0 Å². The van der Waals surface area contributed by atoms with Gasteiger partial charge in [0, 0.05) is 51.4 Å². The van der Waals surface area contributed by atoms with E-state index in [1.807, 2.05) is 6.92 Å². The molecular weight excluding hydrogens is 475 g/mol. The smallest absolute Gasteiger partial charge is 0.368 e. The Labute approximate surface area is 175 Å². The Morgan fingerprint density at radius 3 is 2.26 bits per heavy atom. The van der Waals surface area contributed by atoms with Crippen molar-refractivity contribution < 1.29 is 17.6 Å². The summed E-state index contributed by atoms with van der Waals surface area (Å²) in [6.07, 6.45) is -4.32. The van der Waals surface area contributed by atoms with Crippen molar-refractivity contribution in [2.24, 2.45) is 4.99 Å². The van der Waals surface area contributed by atoms with Crippen molar-refractivity contribution >= 4 is 35.6 Å². The average Bonchev–Trinajstić information content (AvgIpc) is 2.60. The predicted molar refractivity (Wildman–Crippen MR) is 111 cm³/mol. The number of hydrogen-bond acceptors (Lipinski definition) is 2. The van der Waals surface area contributed by atoms with E-state index >= 15 is 0 Å². The monoisotopic (exact) mass is 502 g/mol. The third kappa shape index (κ3) is 8.52. The first kappa shape index (κ1) is 23.8. The second kappa shape index (κ2) is 11.6. The van der Waals surface area contributed by atoms with Gasteiger partial charge in [0.1, 0.15) is 5.82 Å². The predicted octanol–water partition coefficient (Wildman–Crippen LogP) is 4.26. The Morgan fingerprint density at radius 1 is 1.07 bits per heavy atom. The van der Waals surface area contributed by atoms with Gasteiger partial charge in [0.25, 0.3) is 0 Å². The van der Waals surface area contributed by atoms with Crippen molar-refractivity contribution in [2.75, 3.05) is 44.2 Å². The zero-order chi connectivity index (χ0) is 19.0. The number of alkyl halides is 3. The van der Waals surface area contributed by atoms with Gasteiger partial charge in [0.15, 0.2) is 5.96 Å². The number of hydrogen-bond donors (Lipinski definition) is 1. The molecule has 27 heavy (non-hydrogen) atoms. The van der Waals surface area contributed by atoms with Gasteiger partial charge in [-0.15, -0.1) is 24.0 Å². The lowest BCUT2D eigenvalue weighted by atomic mass is 10.2. The number of piperazine rings is 1. The number of rotatable bonds is 6. The summed E-state index contributed by atoms with van der Waals surface area (Å²) in [5.41, 5.74) is 0.986. The number of nitrogens with zero attached hydrogens (tertiary/aromatic N) is 3.